The number of benzene rings is 7. The van der Waals surface area contributed by atoms with Crippen molar-refractivity contribution in [3.8, 4) is 0 Å². The molecule has 56 heavy (non-hydrogen) atoms. The van der Waals surface area contributed by atoms with Gasteiger partial charge in [0.1, 0.15) is 0 Å². The lowest BCUT2D eigenvalue weighted by Crippen LogP contribution is -2.29. The summed E-state index contributed by atoms with van der Waals surface area (Å²) in [5.74, 6) is 0. The van der Waals surface area contributed by atoms with Gasteiger partial charge in [-0.2, -0.15) is 0 Å². The lowest BCUT2D eigenvalue weighted by molar-refractivity contribution is 0.578. The number of anilines is 8. The first kappa shape index (κ1) is 33.1. The Morgan fingerprint density at radius 1 is 0.304 bits per heavy atom. The predicted molar refractivity (Wildman–Crippen MR) is 241 cm³/mol. The molecule has 11 rings (SSSR count). The van der Waals surface area contributed by atoms with Crippen molar-refractivity contribution in [2.45, 2.75) is 38.5 Å². The summed E-state index contributed by atoms with van der Waals surface area (Å²) in [6, 6.07) is 50.4. The summed E-state index contributed by atoms with van der Waals surface area (Å²) >= 11 is 0. The lowest BCUT2D eigenvalue weighted by Gasteiger charge is -2.35. The predicted octanol–water partition coefficient (Wildman–Crippen LogP) is 13.9. The van der Waals surface area contributed by atoms with Crippen LogP contribution in [0.15, 0.2) is 133 Å². The molecular weight excluding hydrogens is 681 g/mol. The Labute approximate surface area is 330 Å². The molecule has 4 aliphatic heterocycles. The second-order valence-corrected chi connectivity index (χ2v) is 15.8. The number of para-hydroxylation sites is 4. The van der Waals surface area contributed by atoms with Crippen molar-refractivity contribution in [1.29, 1.82) is 0 Å². The van der Waals surface area contributed by atoms with Crippen molar-refractivity contribution in [3.05, 3.63) is 156 Å². The number of fused-ring (bicyclic) bond motifs is 6. The maximum Gasteiger partial charge on any atom is 0.0621 e. The van der Waals surface area contributed by atoms with Crippen molar-refractivity contribution in [2.75, 3.05) is 45.8 Å². The Balaban J connectivity index is 1.30. The molecule has 4 nitrogen and oxygen atoms in total. The van der Waals surface area contributed by atoms with Gasteiger partial charge in [0, 0.05) is 59.1 Å². The van der Waals surface area contributed by atoms with E-state index in [2.05, 4.69) is 177 Å². The molecule has 4 aliphatic rings. The topological polar surface area (TPSA) is 13.0 Å². The molecular formula is C52H46N4. The van der Waals surface area contributed by atoms with Gasteiger partial charge < -0.3 is 19.6 Å². The molecule has 0 bridgehead atoms. The van der Waals surface area contributed by atoms with Crippen LogP contribution in [0.2, 0.25) is 0 Å². The van der Waals surface area contributed by atoms with Gasteiger partial charge in [0.2, 0.25) is 0 Å². The van der Waals surface area contributed by atoms with Gasteiger partial charge in [-0.3, -0.25) is 0 Å². The van der Waals surface area contributed by atoms with Crippen molar-refractivity contribution < 1.29 is 0 Å². The summed E-state index contributed by atoms with van der Waals surface area (Å²) in [6.45, 7) is 4.38. The van der Waals surface area contributed by atoms with Gasteiger partial charge in [0.25, 0.3) is 0 Å². The Bertz CT molecular complexity index is 2410. The molecule has 7 aromatic rings. The molecule has 0 atom stereocenters. The largest absolute Gasteiger partial charge is 0.372 e. The first-order valence-corrected chi connectivity index (χ1v) is 20.7. The standard InChI is InChI=1S/C52H46N4/c1-11-31-53(32-12-1)41-27-29-43-45(35-41)51(55-47-19-7-3-15-37(47)23-24-38-16-4-8-20-48(38)55)44-30-28-42(54-33-13-2-14-34-54)36-46(44)52(43)56-49-21-9-5-17-39(49)25-26-40-18-6-10-22-50(40)56/h3-10,15-30,35-36H,1-2,11-14,31-34H2. The van der Waals surface area contributed by atoms with E-state index in [-0.39, 0.29) is 0 Å². The third-order valence-corrected chi connectivity index (χ3v) is 12.5. The molecule has 0 amide bonds. The number of hydrogen-bond acceptors (Lipinski definition) is 4. The van der Waals surface area contributed by atoms with E-state index in [0.29, 0.717) is 0 Å². The van der Waals surface area contributed by atoms with Crippen LogP contribution in [-0.4, -0.2) is 26.2 Å². The van der Waals surface area contributed by atoms with Crippen LogP contribution in [0.1, 0.15) is 60.8 Å². The molecule has 0 aliphatic carbocycles. The van der Waals surface area contributed by atoms with Crippen LogP contribution < -0.4 is 19.6 Å². The first-order chi connectivity index (χ1) is 27.8. The van der Waals surface area contributed by atoms with E-state index < -0.39 is 0 Å². The highest BCUT2D eigenvalue weighted by Gasteiger charge is 2.30. The lowest BCUT2D eigenvalue weighted by atomic mass is 9.93. The molecule has 0 N–H and O–H groups in total. The zero-order valence-corrected chi connectivity index (χ0v) is 31.9. The van der Waals surface area contributed by atoms with E-state index >= 15 is 0 Å². The minimum atomic E-state index is 1.10. The summed E-state index contributed by atoms with van der Waals surface area (Å²) in [5, 5.41) is 5.03. The van der Waals surface area contributed by atoms with E-state index in [1.807, 2.05) is 0 Å². The highest BCUT2D eigenvalue weighted by Crippen LogP contribution is 2.55. The Morgan fingerprint density at radius 3 is 0.964 bits per heavy atom. The maximum atomic E-state index is 2.61. The molecule has 274 valence electrons. The van der Waals surface area contributed by atoms with Crippen molar-refractivity contribution in [2.24, 2.45) is 0 Å². The van der Waals surface area contributed by atoms with Crippen LogP contribution in [0.3, 0.4) is 0 Å². The fraction of sp³-hybridized carbons (Fsp3) is 0.192. The van der Waals surface area contributed by atoms with Crippen LogP contribution in [-0.2, 0) is 0 Å². The van der Waals surface area contributed by atoms with Gasteiger partial charge >= 0.3 is 0 Å². The van der Waals surface area contributed by atoms with Crippen LogP contribution in [0, 0.1) is 0 Å². The Morgan fingerprint density at radius 2 is 0.625 bits per heavy atom. The fourth-order valence-corrected chi connectivity index (χ4v) is 9.77. The summed E-state index contributed by atoms with van der Waals surface area (Å²) in [5.41, 5.74) is 14.7. The van der Waals surface area contributed by atoms with E-state index in [0.717, 1.165) is 26.2 Å². The van der Waals surface area contributed by atoms with Crippen LogP contribution in [0.4, 0.5) is 45.5 Å². The van der Waals surface area contributed by atoms with Crippen molar-refractivity contribution in [1.82, 2.24) is 0 Å². The third kappa shape index (κ3) is 5.50. The molecule has 0 saturated carbocycles. The van der Waals surface area contributed by atoms with Gasteiger partial charge in [-0.05, 0) is 109 Å². The molecule has 0 spiro atoms. The van der Waals surface area contributed by atoms with Gasteiger partial charge in [-0.1, -0.05) is 109 Å². The van der Waals surface area contributed by atoms with Crippen LogP contribution >= 0.6 is 0 Å². The third-order valence-electron chi connectivity index (χ3n) is 12.5. The SMILES string of the molecule is C1=Cc2ccccc2N(c2c3ccc(N4CCCCC4)cc3c(N3c4ccccc4C=Cc4ccccc43)c3ccc(N4CCCCC4)cc23)c2ccccc21. The van der Waals surface area contributed by atoms with E-state index in [9.17, 15) is 0 Å². The van der Waals surface area contributed by atoms with E-state index in [4.69, 9.17) is 0 Å². The minimum absolute atomic E-state index is 1.10. The molecule has 2 saturated heterocycles. The second-order valence-electron chi connectivity index (χ2n) is 15.8. The second kappa shape index (κ2) is 13.8. The van der Waals surface area contributed by atoms with E-state index in [1.165, 1.54) is 128 Å². The average molecular weight is 727 g/mol. The zero-order chi connectivity index (χ0) is 37.0. The van der Waals surface area contributed by atoms with Gasteiger partial charge in [-0.25, -0.2) is 0 Å². The highest BCUT2D eigenvalue weighted by molar-refractivity contribution is 6.25. The van der Waals surface area contributed by atoms with Gasteiger partial charge in [0.15, 0.2) is 0 Å². The van der Waals surface area contributed by atoms with Gasteiger partial charge in [-0.15, -0.1) is 0 Å². The molecule has 0 radical (unpaired) electrons. The van der Waals surface area contributed by atoms with Crippen molar-refractivity contribution >= 4 is 91.3 Å². The summed E-state index contributed by atoms with van der Waals surface area (Å²) < 4.78 is 0. The summed E-state index contributed by atoms with van der Waals surface area (Å²) in [6.07, 6.45) is 16.7. The van der Waals surface area contributed by atoms with Gasteiger partial charge in [0.05, 0.1) is 34.1 Å². The minimum Gasteiger partial charge on any atom is -0.372 e. The smallest absolute Gasteiger partial charge is 0.0621 e. The monoisotopic (exact) mass is 726 g/mol. The molecule has 0 unspecified atom stereocenters. The molecule has 4 heterocycles. The number of rotatable bonds is 4. The summed E-state index contributed by atoms with van der Waals surface area (Å²) in [7, 11) is 0. The maximum absolute atomic E-state index is 2.61. The molecule has 0 aromatic heterocycles. The van der Waals surface area contributed by atoms with E-state index in [1.54, 1.807) is 0 Å². The van der Waals surface area contributed by atoms with Crippen LogP contribution in [0.5, 0.6) is 0 Å². The highest BCUT2D eigenvalue weighted by atomic mass is 15.2. The fourth-order valence-electron chi connectivity index (χ4n) is 9.77. The Kier molecular flexibility index (Phi) is 8.16. The van der Waals surface area contributed by atoms with Crippen LogP contribution in [0.25, 0.3) is 45.8 Å². The Hall–Kier alpha value is -6.26. The first-order valence-electron chi connectivity index (χ1n) is 20.7. The summed E-state index contributed by atoms with van der Waals surface area (Å²) in [4.78, 5) is 10.4. The molecule has 7 aromatic carbocycles. The normalized spacial score (nSPS) is 16.3. The average Bonchev–Trinajstić information content (AvgIpc) is 3.54. The number of hydrogen-bond donors (Lipinski definition) is 0. The quantitative estimate of drug-likeness (QED) is 0.167. The molecule has 4 heteroatoms. The number of piperidine rings is 2. The zero-order valence-electron chi connectivity index (χ0n) is 31.9. The molecule has 2 fully saturated rings. The number of nitrogens with zero attached hydrogens (tertiary/aromatic N) is 4. The van der Waals surface area contributed by atoms with Crippen molar-refractivity contribution in [3.63, 3.8) is 0 Å².